The van der Waals surface area contributed by atoms with Crippen LogP contribution in [0.15, 0.2) is 51.3 Å². The number of allylic oxidation sites excluding steroid dienone is 2. The Kier molecular flexibility index (Phi) is 4.76. The van der Waals surface area contributed by atoms with Crippen LogP contribution in [0.5, 0.6) is 0 Å². The van der Waals surface area contributed by atoms with Gasteiger partial charge in [-0.3, -0.25) is 9.59 Å². The fourth-order valence-electron chi connectivity index (χ4n) is 1.50. The molecule has 98 valence electrons. The zero-order valence-corrected chi connectivity index (χ0v) is 11.9. The quantitative estimate of drug-likeness (QED) is 0.595. The number of carbonyl (C=O) groups is 2. The summed E-state index contributed by atoms with van der Waals surface area (Å²) in [7, 11) is 0. The van der Waals surface area contributed by atoms with E-state index in [4.69, 9.17) is 4.42 Å². The van der Waals surface area contributed by atoms with Crippen LogP contribution in [-0.2, 0) is 0 Å². The van der Waals surface area contributed by atoms with E-state index in [1.807, 2.05) is 17.7 Å². The number of thiophene rings is 1. The molecular weight excluding hydrogens is 280 g/mol. The summed E-state index contributed by atoms with van der Waals surface area (Å²) in [6.07, 6.45) is 5.03. The Balaban J connectivity index is 2.08. The van der Waals surface area contributed by atoms with Crippen molar-refractivity contribution >= 4 is 34.7 Å². The van der Waals surface area contributed by atoms with Crippen molar-refractivity contribution in [3.8, 4) is 0 Å². The van der Waals surface area contributed by atoms with E-state index in [1.165, 1.54) is 35.4 Å². The Morgan fingerprint density at radius 2 is 2.21 bits per heavy atom. The molecule has 3 nitrogen and oxygen atoms in total. The van der Waals surface area contributed by atoms with Crippen molar-refractivity contribution < 1.29 is 14.0 Å². The summed E-state index contributed by atoms with van der Waals surface area (Å²) in [6, 6.07) is 6.90. The lowest BCUT2D eigenvalue weighted by Crippen LogP contribution is -2.00. The highest BCUT2D eigenvalue weighted by molar-refractivity contribution is 8.02. The Labute approximate surface area is 119 Å². The summed E-state index contributed by atoms with van der Waals surface area (Å²) in [5.41, 5.74) is 0. The average Bonchev–Trinajstić information content (AvgIpc) is 3.09. The molecule has 0 unspecified atom stereocenters. The highest BCUT2D eigenvalue weighted by Gasteiger charge is 2.13. The van der Waals surface area contributed by atoms with Gasteiger partial charge in [0.2, 0.25) is 5.78 Å². The normalized spacial score (nSPS) is 11.5. The number of hydrogen-bond acceptors (Lipinski definition) is 5. The van der Waals surface area contributed by atoms with Gasteiger partial charge >= 0.3 is 0 Å². The lowest BCUT2D eigenvalue weighted by atomic mass is 10.2. The van der Waals surface area contributed by atoms with Gasteiger partial charge < -0.3 is 4.42 Å². The van der Waals surface area contributed by atoms with E-state index in [2.05, 4.69) is 0 Å². The summed E-state index contributed by atoms with van der Waals surface area (Å²) < 4.78 is 5.05. The number of carbonyl (C=O) groups excluding carboxylic acids is 2. The molecule has 2 aromatic rings. The topological polar surface area (TPSA) is 47.3 Å². The minimum absolute atomic E-state index is 0.0633. The van der Waals surface area contributed by atoms with Crippen molar-refractivity contribution in [2.75, 3.05) is 6.26 Å². The molecule has 2 heterocycles. The van der Waals surface area contributed by atoms with Crippen molar-refractivity contribution in [3.63, 3.8) is 0 Å². The van der Waals surface area contributed by atoms with Crippen molar-refractivity contribution in [3.05, 3.63) is 57.5 Å². The van der Waals surface area contributed by atoms with Gasteiger partial charge in [-0.05, 0) is 40.8 Å². The number of rotatable bonds is 6. The van der Waals surface area contributed by atoms with Gasteiger partial charge in [0.15, 0.2) is 11.5 Å². The van der Waals surface area contributed by atoms with Crippen molar-refractivity contribution in [2.45, 2.75) is 6.42 Å². The van der Waals surface area contributed by atoms with Gasteiger partial charge in [0.1, 0.15) is 0 Å². The highest BCUT2D eigenvalue weighted by atomic mass is 32.2. The third-order valence-electron chi connectivity index (χ3n) is 2.45. The van der Waals surface area contributed by atoms with E-state index in [0.29, 0.717) is 10.6 Å². The molecule has 5 heteroatoms. The maximum Gasteiger partial charge on any atom is 0.202 e. The number of hydrogen-bond donors (Lipinski definition) is 0. The SMILES string of the molecule is CS/C(=C\C(=O)c1cccs1)CC(=O)c1ccco1. The molecule has 0 spiro atoms. The molecule has 0 aliphatic carbocycles. The molecule has 0 N–H and O–H groups in total. The molecule has 2 aromatic heterocycles. The van der Waals surface area contributed by atoms with E-state index in [9.17, 15) is 9.59 Å². The lowest BCUT2D eigenvalue weighted by molar-refractivity contribution is 0.0968. The van der Waals surface area contributed by atoms with Gasteiger partial charge in [-0.15, -0.1) is 23.1 Å². The maximum absolute atomic E-state index is 11.9. The van der Waals surface area contributed by atoms with Crippen LogP contribution >= 0.6 is 23.1 Å². The Morgan fingerprint density at radius 1 is 1.37 bits per heavy atom. The minimum Gasteiger partial charge on any atom is -0.461 e. The number of Topliss-reactive ketones (excluding diaryl/α,β-unsaturated/α-hetero) is 1. The van der Waals surface area contributed by atoms with Crippen molar-refractivity contribution in [1.29, 1.82) is 0 Å². The van der Waals surface area contributed by atoms with E-state index < -0.39 is 0 Å². The van der Waals surface area contributed by atoms with E-state index in [-0.39, 0.29) is 18.0 Å². The second kappa shape index (κ2) is 6.54. The summed E-state index contributed by atoms with van der Waals surface area (Å²) >= 11 is 2.80. The predicted molar refractivity (Wildman–Crippen MR) is 77.9 cm³/mol. The monoisotopic (exact) mass is 292 g/mol. The molecule has 0 radical (unpaired) electrons. The van der Waals surface area contributed by atoms with E-state index >= 15 is 0 Å². The van der Waals surface area contributed by atoms with Gasteiger partial charge in [0.05, 0.1) is 11.1 Å². The Hall–Kier alpha value is -1.59. The molecule has 0 amide bonds. The number of ketones is 2. The molecule has 0 aromatic carbocycles. The summed E-state index contributed by atoms with van der Waals surface area (Å²) in [6.45, 7) is 0. The molecule has 0 saturated carbocycles. The highest BCUT2D eigenvalue weighted by Crippen LogP contribution is 2.21. The molecule has 0 fully saturated rings. The van der Waals surface area contributed by atoms with Gasteiger partial charge in [-0.1, -0.05) is 6.07 Å². The second-order valence-electron chi connectivity index (χ2n) is 3.73. The molecule has 19 heavy (non-hydrogen) atoms. The number of furan rings is 1. The van der Waals surface area contributed by atoms with Crippen LogP contribution in [0.2, 0.25) is 0 Å². The number of thioether (sulfide) groups is 1. The zero-order valence-electron chi connectivity index (χ0n) is 10.3. The fraction of sp³-hybridized carbons (Fsp3) is 0.143. The third-order valence-corrected chi connectivity index (χ3v) is 4.12. The van der Waals surface area contributed by atoms with Crippen LogP contribution in [-0.4, -0.2) is 17.8 Å². The minimum atomic E-state index is -0.121. The standard InChI is InChI=1S/C14H12O3S2/c1-18-10(8-11(15)13-4-2-6-17-13)9-12(16)14-5-3-7-19-14/h2-7,9H,8H2,1H3/b10-9-. The van der Waals surface area contributed by atoms with Crippen LogP contribution in [0, 0.1) is 0 Å². The third kappa shape index (κ3) is 3.68. The molecule has 0 aliphatic rings. The maximum atomic E-state index is 11.9. The average molecular weight is 292 g/mol. The molecule has 0 bridgehead atoms. The van der Waals surface area contributed by atoms with Gasteiger partial charge in [0, 0.05) is 6.42 Å². The molecule has 0 atom stereocenters. The first-order valence-electron chi connectivity index (χ1n) is 5.60. The Morgan fingerprint density at radius 3 is 2.79 bits per heavy atom. The van der Waals surface area contributed by atoms with Gasteiger partial charge in [0.25, 0.3) is 0 Å². The van der Waals surface area contributed by atoms with Crippen LogP contribution in [0.3, 0.4) is 0 Å². The smallest absolute Gasteiger partial charge is 0.202 e. The summed E-state index contributed by atoms with van der Waals surface area (Å²) in [4.78, 5) is 25.2. The van der Waals surface area contributed by atoms with Gasteiger partial charge in [-0.25, -0.2) is 0 Å². The van der Waals surface area contributed by atoms with Crippen LogP contribution < -0.4 is 0 Å². The molecule has 0 aliphatic heterocycles. The van der Waals surface area contributed by atoms with Gasteiger partial charge in [-0.2, -0.15) is 0 Å². The Bertz CT molecular complexity index is 580. The molecular formula is C14H12O3S2. The van der Waals surface area contributed by atoms with E-state index in [1.54, 1.807) is 18.2 Å². The first-order valence-corrected chi connectivity index (χ1v) is 7.70. The first kappa shape index (κ1) is 13.8. The summed E-state index contributed by atoms with van der Waals surface area (Å²) in [5, 5.41) is 1.85. The van der Waals surface area contributed by atoms with Crippen LogP contribution in [0.25, 0.3) is 0 Å². The van der Waals surface area contributed by atoms with Crippen LogP contribution in [0.4, 0.5) is 0 Å². The van der Waals surface area contributed by atoms with Crippen molar-refractivity contribution in [2.24, 2.45) is 0 Å². The van der Waals surface area contributed by atoms with E-state index in [0.717, 1.165) is 4.91 Å². The largest absolute Gasteiger partial charge is 0.461 e. The first-order chi connectivity index (χ1) is 9.20. The van der Waals surface area contributed by atoms with Crippen molar-refractivity contribution in [1.82, 2.24) is 0 Å². The van der Waals surface area contributed by atoms with Crippen LogP contribution in [0.1, 0.15) is 26.6 Å². The fourth-order valence-corrected chi connectivity index (χ4v) is 2.64. The second-order valence-corrected chi connectivity index (χ2v) is 5.61. The predicted octanol–water partition coefficient (Wildman–Crippen LogP) is 4.04. The zero-order chi connectivity index (χ0) is 13.7. The lowest BCUT2D eigenvalue weighted by Gasteiger charge is -2.01. The molecule has 2 rings (SSSR count). The molecule has 0 saturated heterocycles. The summed E-state index contributed by atoms with van der Waals surface area (Å²) in [5.74, 6) is 0.139.